The van der Waals surface area contributed by atoms with Crippen LogP contribution in [0.4, 0.5) is 9.18 Å². The molecule has 1 unspecified atom stereocenters. The number of nitrogens with one attached hydrogen (secondary N) is 2. The molecule has 0 saturated carbocycles. The lowest BCUT2D eigenvalue weighted by Crippen LogP contribution is -2.26. The highest BCUT2D eigenvalue weighted by Crippen LogP contribution is 2.30. The Kier molecular flexibility index (Phi) is 10.2. The maximum atomic E-state index is 13.8. The van der Waals surface area contributed by atoms with Crippen molar-refractivity contribution in [3.05, 3.63) is 58.7 Å². The van der Waals surface area contributed by atoms with Crippen LogP contribution in [0.25, 0.3) is 0 Å². The van der Waals surface area contributed by atoms with Gasteiger partial charge in [0, 0.05) is 44.5 Å². The van der Waals surface area contributed by atoms with Crippen LogP contribution in [0.3, 0.4) is 0 Å². The molecule has 10 nitrogen and oxygen atoms in total. The number of likely N-dealkylation sites (N-methyl/N-ethyl adjacent to an activating group) is 1. The van der Waals surface area contributed by atoms with Crippen molar-refractivity contribution in [3.8, 4) is 17.6 Å². The first-order valence-electron chi connectivity index (χ1n) is 12.3. The fourth-order valence-electron chi connectivity index (χ4n) is 3.79. The summed E-state index contributed by atoms with van der Waals surface area (Å²) in [6.07, 6.45) is 1.66. The molecular weight excluding hydrogens is 493 g/mol. The maximum absolute atomic E-state index is 13.8. The Bertz CT molecular complexity index is 1220. The topological polar surface area (TPSA) is 113 Å². The molecule has 2 aliphatic rings. The summed E-state index contributed by atoms with van der Waals surface area (Å²) in [5, 5.41) is 4.56. The lowest BCUT2D eigenvalue weighted by atomic mass is 10.1. The van der Waals surface area contributed by atoms with E-state index in [0.29, 0.717) is 25.3 Å². The molecule has 4 rings (SSSR count). The second kappa shape index (κ2) is 13.5. The van der Waals surface area contributed by atoms with Crippen molar-refractivity contribution in [1.82, 2.24) is 25.4 Å². The van der Waals surface area contributed by atoms with Crippen LogP contribution in [0.2, 0.25) is 0 Å². The van der Waals surface area contributed by atoms with Crippen LogP contribution in [0.5, 0.6) is 5.75 Å². The van der Waals surface area contributed by atoms with Crippen LogP contribution in [-0.2, 0) is 22.6 Å². The second-order valence-electron chi connectivity index (χ2n) is 8.57. The van der Waals surface area contributed by atoms with Crippen LogP contribution in [0.1, 0.15) is 41.0 Å². The molecule has 38 heavy (non-hydrogen) atoms. The van der Waals surface area contributed by atoms with Crippen LogP contribution < -0.4 is 15.4 Å². The summed E-state index contributed by atoms with van der Waals surface area (Å²) in [5.74, 6) is 4.46. The van der Waals surface area contributed by atoms with Crippen molar-refractivity contribution in [3.63, 3.8) is 0 Å². The Balaban J connectivity index is 0.000000230. The van der Waals surface area contributed by atoms with Crippen molar-refractivity contribution in [1.29, 1.82) is 0 Å². The third-order valence-electron chi connectivity index (χ3n) is 5.87. The van der Waals surface area contributed by atoms with E-state index in [1.807, 2.05) is 33.0 Å². The van der Waals surface area contributed by atoms with Crippen molar-refractivity contribution >= 4 is 17.8 Å². The van der Waals surface area contributed by atoms with Gasteiger partial charge in [-0.3, -0.25) is 24.8 Å². The highest BCUT2D eigenvalue weighted by atomic mass is 19.1. The summed E-state index contributed by atoms with van der Waals surface area (Å²) in [7, 11) is 3.40. The Morgan fingerprint density at radius 3 is 2.61 bits per heavy atom. The average Bonchev–Trinajstić information content (AvgIpc) is 3.41. The molecule has 1 aromatic heterocycles. The number of hydrogen-bond acceptors (Lipinski definition) is 7. The molecule has 4 amide bonds. The van der Waals surface area contributed by atoms with Crippen LogP contribution in [-0.4, -0.2) is 79.1 Å². The third-order valence-corrected chi connectivity index (χ3v) is 5.87. The summed E-state index contributed by atoms with van der Waals surface area (Å²) in [6.45, 7) is 7.92. The molecule has 0 radical (unpaired) electrons. The molecule has 0 bridgehead atoms. The molecule has 1 aromatic carbocycles. The van der Waals surface area contributed by atoms with Gasteiger partial charge in [-0.15, -0.1) is 0 Å². The number of benzene rings is 1. The number of imide groups is 1. The van der Waals surface area contributed by atoms with Crippen LogP contribution in [0.15, 0.2) is 30.5 Å². The Labute approximate surface area is 221 Å². The Hall–Kier alpha value is -4.01. The molecule has 0 aliphatic carbocycles. The summed E-state index contributed by atoms with van der Waals surface area (Å²) in [5.41, 5.74) is 2.53. The zero-order valence-electron chi connectivity index (χ0n) is 22.0. The summed E-state index contributed by atoms with van der Waals surface area (Å²) < 4.78 is 23.9. The van der Waals surface area contributed by atoms with E-state index in [1.54, 1.807) is 23.2 Å². The lowest BCUT2D eigenvalue weighted by molar-refractivity contribution is -0.119. The molecule has 2 aliphatic heterocycles. The number of carbonyl (C=O) groups excluding carboxylic acids is 3. The number of ether oxygens (including phenoxy) is 2. The van der Waals surface area contributed by atoms with Gasteiger partial charge in [0.1, 0.15) is 0 Å². The first-order valence-corrected chi connectivity index (χ1v) is 12.3. The predicted molar refractivity (Wildman–Crippen MR) is 138 cm³/mol. The highest BCUT2D eigenvalue weighted by Gasteiger charge is 2.31. The van der Waals surface area contributed by atoms with E-state index in [0.717, 1.165) is 31.0 Å². The summed E-state index contributed by atoms with van der Waals surface area (Å²) in [6, 6.07) is 5.73. The van der Waals surface area contributed by atoms with Gasteiger partial charge in [0.05, 0.1) is 25.0 Å². The molecule has 2 aromatic rings. The van der Waals surface area contributed by atoms with E-state index in [1.165, 1.54) is 7.11 Å². The molecule has 0 spiro atoms. The number of carbonyl (C=O) groups is 3. The van der Waals surface area contributed by atoms with E-state index in [4.69, 9.17) is 9.47 Å². The first kappa shape index (κ1) is 28.6. The van der Waals surface area contributed by atoms with Gasteiger partial charge in [0.15, 0.2) is 17.6 Å². The van der Waals surface area contributed by atoms with Gasteiger partial charge in [-0.05, 0) is 44.7 Å². The quantitative estimate of drug-likeness (QED) is 0.308. The molecular formula is C27H32FN5O5. The molecule has 3 heterocycles. The number of fused-ring (bicyclic) bond motifs is 1. The van der Waals surface area contributed by atoms with Crippen LogP contribution >= 0.6 is 0 Å². The summed E-state index contributed by atoms with van der Waals surface area (Å²) >= 11 is 0. The van der Waals surface area contributed by atoms with Crippen molar-refractivity contribution in [2.24, 2.45) is 0 Å². The second-order valence-corrected chi connectivity index (χ2v) is 8.57. The van der Waals surface area contributed by atoms with Gasteiger partial charge in [0.25, 0.3) is 11.8 Å². The minimum absolute atomic E-state index is 0.125. The molecule has 1 saturated heterocycles. The van der Waals surface area contributed by atoms with E-state index in [9.17, 15) is 18.8 Å². The van der Waals surface area contributed by atoms with Crippen molar-refractivity contribution in [2.45, 2.75) is 33.0 Å². The van der Waals surface area contributed by atoms with Crippen molar-refractivity contribution in [2.75, 3.05) is 40.5 Å². The van der Waals surface area contributed by atoms with Gasteiger partial charge < -0.3 is 19.7 Å². The number of methoxy groups -OCH3 is 1. The fraction of sp³-hybridized carbons (Fsp3) is 0.407. The Morgan fingerprint density at radius 1 is 1.21 bits per heavy atom. The fourth-order valence-corrected chi connectivity index (χ4v) is 3.79. The predicted octanol–water partition coefficient (Wildman–Crippen LogP) is 1.92. The van der Waals surface area contributed by atoms with Gasteiger partial charge in [-0.25, -0.2) is 9.18 Å². The van der Waals surface area contributed by atoms with Crippen molar-refractivity contribution < 1.29 is 28.2 Å². The highest BCUT2D eigenvalue weighted by molar-refractivity contribution is 6.05. The standard InChI is InChI=1S/C16H20N4O3.C11H12FNO2/c1-3-23-9-8-20(2)11-13-6-4-12(10-17-13)5-7-14-15(21)19-16(22)18-14;1-3-13-6-7-4-5-8(15-2)10(12)9(7)11(13)14/h4,6,10,14H,3,8-9,11H2,1-2H3,(H2,18,19,21,22);4-5H,3,6H2,1-2H3. The van der Waals surface area contributed by atoms with E-state index in [-0.39, 0.29) is 17.2 Å². The smallest absolute Gasteiger partial charge is 0.322 e. The number of halogens is 1. The zero-order valence-corrected chi connectivity index (χ0v) is 22.0. The average molecular weight is 526 g/mol. The molecule has 11 heteroatoms. The summed E-state index contributed by atoms with van der Waals surface area (Å²) in [4.78, 5) is 42.2. The minimum atomic E-state index is -0.799. The normalized spacial score (nSPS) is 15.8. The SMILES string of the molecule is CCN1Cc2ccc(OC)c(F)c2C1=O.CCOCCN(C)Cc1ccc(C#CC2NC(=O)NC2=O)cn1. The zero-order chi connectivity index (χ0) is 27.7. The molecule has 1 atom stereocenters. The van der Waals surface area contributed by atoms with Crippen LogP contribution in [0, 0.1) is 17.7 Å². The van der Waals surface area contributed by atoms with Gasteiger partial charge in [0.2, 0.25) is 0 Å². The van der Waals surface area contributed by atoms with Gasteiger partial charge in [-0.2, -0.15) is 0 Å². The molecule has 2 N–H and O–H groups in total. The molecule has 202 valence electrons. The third kappa shape index (κ3) is 7.27. The van der Waals surface area contributed by atoms with Gasteiger partial charge in [-0.1, -0.05) is 17.9 Å². The van der Waals surface area contributed by atoms with E-state index >= 15 is 0 Å². The number of amides is 4. The number of aromatic nitrogens is 1. The minimum Gasteiger partial charge on any atom is -0.494 e. The maximum Gasteiger partial charge on any atom is 0.322 e. The number of pyridine rings is 1. The monoisotopic (exact) mass is 525 g/mol. The number of nitrogens with zero attached hydrogens (tertiary/aromatic N) is 3. The van der Waals surface area contributed by atoms with E-state index in [2.05, 4.69) is 32.4 Å². The number of hydrogen-bond donors (Lipinski definition) is 2. The van der Waals surface area contributed by atoms with E-state index < -0.39 is 23.8 Å². The van der Waals surface area contributed by atoms with Gasteiger partial charge >= 0.3 is 6.03 Å². The molecule has 1 fully saturated rings. The lowest BCUT2D eigenvalue weighted by Gasteiger charge is -2.15. The first-order chi connectivity index (χ1) is 18.3. The Morgan fingerprint density at radius 2 is 2.00 bits per heavy atom. The number of rotatable bonds is 8. The largest absolute Gasteiger partial charge is 0.494 e. The number of urea groups is 1.